The van der Waals surface area contributed by atoms with E-state index in [2.05, 4.69) is 26.0 Å². The normalized spacial score (nSPS) is 13.7. The van der Waals surface area contributed by atoms with Crippen LogP contribution in [0.5, 0.6) is 0 Å². The number of hydrogen-bond acceptors (Lipinski definition) is 6. The number of aromatic nitrogens is 2. The molecule has 1 aliphatic rings. The van der Waals surface area contributed by atoms with Crippen molar-refractivity contribution in [1.82, 2.24) is 15.6 Å². The molecule has 0 saturated carbocycles. The zero-order chi connectivity index (χ0) is 14.7. The van der Waals surface area contributed by atoms with Gasteiger partial charge in [0.2, 0.25) is 5.91 Å². The highest BCUT2D eigenvalue weighted by Crippen LogP contribution is 2.17. The number of nitrogens with one attached hydrogen (secondary N) is 3. The van der Waals surface area contributed by atoms with Crippen LogP contribution < -0.4 is 10.7 Å². The van der Waals surface area contributed by atoms with Gasteiger partial charge >= 0.3 is 5.97 Å². The zero-order valence-electron chi connectivity index (χ0n) is 10.9. The summed E-state index contributed by atoms with van der Waals surface area (Å²) in [5, 5.41) is 12.4. The Morgan fingerprint density at radius 1 is 1.45 bits per heavy atom. The summed E-state index contributed by atoms with van der Waals surface area (Å²) < 4.78 is 4.88. The van der Waals surface area contributed by atoms with Gasteiger partial charge < -0.3 is 10.1 Å². The first kappa shape index (κ1) is 13.7. The topological polar surface area (TPSA) is 126 Å². The summed E-state index contributed by atoms with van der Waals surface area (Å²) >= 11 is 0. The van der Waals surface area contributed by atoms with Crippen molar-refractivity contribution >= 4 is 29.3 Å². The number of esters is 1. The second-order valence-electron chi connectivity index (χ2n) is 4.02. The van der Waals surface area contributed by atoms with E-state index in [1.165, 1.54) is 0 Å². The number of rotatable bonds is 4. The molecule has 0 aromatic carbocycles. The SMILES string of the molecule is CCOC(=O)c1c(NC(=O)C2=NNC(=O)C2)n[nH]c1C. The number of hydrazone groups is 1. The number of aryl methyl sites for hydroxylation is 1. The van der Waals surface area contributed by atoms with Crippen LogP contribution in [0.4, 0.5) is 5.82 Å². The number of amides is 2. The summed E-state index contributed by atoms with van der Waals surface area (Å²) in [4.78, 5) is 34.6. The van der Waals surface area contributed by atoms with E-state index in [4.69, 9.17) is 4.74 Å². The number of hydrogen-bond donors (Lipinski definition) is 3. The quantitative estimate of drug-likeness (QED) is 0.653. The fourth-order valence-electron chi connectivity index (χ4n) is 1.64. The number of carbonyl (C=O) groups is 3. The molecule has 0 atom stereocenters. The molecule has 2 heterocycles. The Balaban J connectivity index is 2.16. The minimum absolute atomic E-state index is 0.0328. The third kappa shape index (κ3) is 2.66. The first-order valence-electron chi connectivity index (χ1n) is 5.91. The van der Waals surface area contributed by atoms with Crippen LogP contribution in [0.25, 0.3) is 0 Å². The third-order valence-electron chi connectivity index (χ3n) is 2.56. The van der Waals surface area contributed by atoms with Gasteiger partial charge in [-0.1, -0.05) is 0 Å². The number of ether oxygens (including phenoxy) is 1. The molecule has 1 aromatic heterocycles. The number of nitrogens with zero attached hydrogens (tertiary/aromatic N) is 2. The van der Waals surface area contributed by atoms with E-state index < -0.39 is 11.9 Å². The highest BCUT2D eigenvalue weighted by Gasteiger charge is 2.25. The molecule has 0 bridgehead atoms. The van der Waals surface area contributed by atoms with E-state index in [-0.39, 0.29) is 36.0 Å². The van der Waals surface area contributed by atoms with E-state index in [1.54, 1.807) is 13.8 Å². The predicted octanol–water partition coefficient (Wildman–Crippen LogP) is -0.291. The second kappa shape index (κ2) is 5.51. The lowest BCUT2D eigenvalue weighted by Gasteiger charge is -2.04. The van der Waals surface area contributed by atoms with E-state index in [1.807, 2.05) is 0 Å². The molecular weight excluding hydrogens is 266 g/mol. The fraction of sp³-hybridized carbons (Fsp3) is 0.364. The Labute approximate surface area is 113 Å². The van der Waals surface area contributed by atoms with Gasteiger partial charge in [-0.05, 0) is 13.8 Å². The lowest BCUT2D eigenvalue weighted by Crippen LogP contribution is -2.23. The standard InChI is InChI=1S/C11H13N5O4/c1-3-20-11(19)8-5(2)13-16-9(8)12-10(18)6-4-7(17)15-14-6/h3-4H2,1-2H3,(H,15,17)(H2,12,13,16,18). The number of H-pyrrole nitrogens is 1. The summed E-state index contributed by atoms with van der Waals surface area (Å²) in [6.07, 6.45) is -0.107. The van der Waals surface area contributed by atoms with Crippen molar-refractivity contribution in [3.05, 3.63) is 11.3 Å². The maximum absolute atomic E-state index is 11.9. The molecule has 0 saturated heterocycles. The minimum atomic E-state index is -0.597. The smallest absolute Gasteiger partial charge is 0.343 e. The van der Waals surface area contributed by atoms with Crippen LogP contribution in [0.15, 0.2) is 5.10 Å². The molecule has 0 spiro atoms. The lowest BCUT2D eigenvalue weighted by atomic mass is 10.2. The van der Waals surface area contributed by atoms with Crippen molar-refractivity contribution in [2.45, 2.75) is 20.3 Å². The Hall–Kier alpha value is -2.71. The van der Waals surface area contributed by atoms with E-state index in [9.17, 15) is 14.4 Å². The molecule has 0 radical (unpaired) electrons. The van der Waals surface area contributed by atoms with Gasteiger partial charge in [0.1, 0.15) is 11.3 Å². The molecule has 0 unspecified atom stereocenters. The number of aromatic amines is 1. The Kier molecular flexibility index (Phi) is 3.78. The Bertz CT molecular complexity index is 604. The fourth-order valence-corrected chi connectivity index (χ4v) is 1.64. The lowest BCUT2D eigenvalue weighted by molar-refractivity contribution is -0.119. The van der Waals surface area contributed by atoms with Gasteiger partial charge in [0, 0.05) is 5.69 Å². The molecule has 0 fully saturated rings. The molecule has 9 nitrogen and oxygen atoms in total. The van der Waals surface area contributed by atoms with E-state index in [0.29, 0.717) is 5.69 Å². The maximum atomic E-state index is 11.9. The van der Waals surface area contributed by atoms with Crippen molar-refractivity contribution in [1.29, 1.82) is 0 Å². The summed E-state index contributed by atoms with van der Waals surface area (Å²) in [7, 11) is 0. The van der Waals surface area contributed by atoms with Crippen LogP contribution in [-0.4, -0.2) is 40.3 Å². The van der Waals surface area contributed by atoms with Crippen molar-refractivity contribution in [2.24, 2.45) is 5.10 Å². The van der Waals surface area contributed by atoms with Crippen LogP contribution in [0.1, 0.15) is 29.4 Å². The highest BCUT2D eigenvalue weighted by atomic mass is 16.5. The van der Waals surface area contributed by atoms with Gasteiger partial charge in [-0.25, -0.2) is 10.2 Å². The number of carbonyl (C=O) groups excluding carboxylic acids is 3. The highest BCUT2D eigenvalue weighted by molar-refractivity contribution is 6.46. The van der Waals surface area contributed by atoms with Crippen LogP contribution >= 0.6 is 0 Å². The monoisotopic (exact) mass is 279 g/mol. The number of anilines is 1. The molecule has 106 valence electrons. The first-order valence-corrected chi connectivity index (χ1v) is 5.91. The molecule has 0 aliphatic carbocycles. The molecule has 20 heavy (non-hydrogen) atoms. The largest absolute Gasteiger partial charge is 0.462 e. The summed E-state index contributed by atoms with van der Waals surface area (Å²) in [6.45, 7) is 3.52. The summed E-state index contributed by atoms with van der Waals surface area (Å²) in [5.74, 6) is -1.50. The molecule has 2 amide bonds. The first-order chi connectivity index (χ1) is 9.52. The molecule has 3 N–H and O–H groups in total. The van der Waals surface area contributed by atoms with Crippen LogP contribution in [0.3, 0.4) is 0 Å². The zero-order valence-corrected chi connectivity index (χ0v) is 10.9. The van der Waals surface area contributed by atoms with E-state index >= 15 is 0 Å². The third-order valence-corrected chi connectivity index (χ3v) is 2.56. The predicted molar refractivity (Wildman–Crippen MR) is 68.1 cm³/mol. The van der Waals surface area contributed by atoms with Gasteiger partial charge in [0.25, 0.3) is 5.91 Å². The minimum Gasteiger partial charge on any atom is -0.462 e. The average Bonchev–Trinajstić information content (AvgIpc) is 2.96. The van der Waals surface area contributed by atoms with Crippen molar-refractivity contribution in [3.63, 3.8) is 0 Å². The molecule has 1 aliphatic heterocycles. The maximum Gasteiger partial charge on any atom is 0.343 e. The summed E-state index contributed by atoms with van der Waals surface area (Å²) in [5.41, 5.74) is 2.82. The van der Waals surface area contributed by atoms with Gasteiger partial charge in [-0.2, -0.15) is 10.2 Å². The van der Waals surface area contributed by atoms with Gasteiger partial charge in [-0.15, -0.1) is 0 Å². The molecule has 1 aromatic rings. The van der Waals surface area contributed by atoms with Gasteiger partial charge in [-0.3, -0.25) is 14.7 Å². The van der Waals surface area contributed by atoms with Crippen LogP contribution in [0, 0.1) is 6.92 Å². The van der Waals surface area contributed by atoms with Crippen molar-refractivity contribution in [3.8, 4) is 0 Å². The van der Waals surface area contributed by atoms with Crippen molar-refractivity contribution < 1.29 is 19.1 Å². The second-order valence-corrected chi connectivity index (χ2v) is 4.02. The molecular formula is C11H13N5O4. The average molecular weight is 279 g/mol. The van der Waals surface area contributed by atoms with Crippen LogP contribution in [-0.2, 0) is 14.3 Å². The van der Waals surface area contributed by atoms with Gasteiger partial charge in [0.05, 0.1) is 13.0 Å². The molecule has 9 heteroatoms. The Morgan fingerprint density at radius 2 is 2.20 bits per heavy atom. The van der Waals surface area contributed by atoms with Gasteiger partial charge in [0.15, 0.2) is 5.82 Å². The van der Waals surface area contributed by atoms with Crippen LogP contribution in [0.2, 0.25) is 0 Å². The van der Waals surface area contributed by atoms with Crippen molar-refractivity contribution in [2.75, 3.05) is 11.9 Å². The van der Waals surface area contributed by atoms with E-state index in [0.717, 1.165) is 0 Å². The molecule has 2 rings (SSSR count). The summed E-state index contributed by atoms with van der Waals surface area (Å²) in [6, 6.07) is 0. The Morgan fingerprint density at radius 3 is 2.80 bits per heavy atom.